The summed E-state index contributed by atoms with van der Waals surface area (Å²) in [4.78, 5) is 25.2. The summed E-state index contributed by atoms with van der Waals surface area (Å²) >= 11 is 0. The van der Waals surface area contributed by atoms with Gasteiger partial charge in [-0.15, -0.1) is 0 Å². The Balaban J connectivity index is 1.41. The van der Waals surface area contributed by atoms with Crippen molar-refractivity contribution in [2.45, 2.75) is 63.0 Å². The van der Waals surface area contributed by atoms with Crippen molar-refractivity contribution in [3.05, 3.63) is 0 Å². The molecule has 2 aliphatic carbocycles. The minimum absolute atomic E-state index is 0.0644. The highest BCUT2D eigenvalue weighted by Gasteiger charge is 2.53. The average molecular weight is 294 g/mol. The Morgan fingerprint density at radius 1 is 1.33 bits per heavy atom. The van der Waals surface area contributed by atoms with Gasteiger partial charge in [-0.1, -0.05) is 0 Å². The zero-order chi connectivity index (χ0) is 14.6. The van der Waals surface area contributed by atoms with Crippen LogP contribution in [0.4, 0.5) is 0 Å². The van der Waals surface area contributed by atoms with Gasteiger partial charge in [0.05, 0.1) is 6.10 Å². The monoisotopic (exact) mass is 294 g/mol. The molecule has 0 aromatic rings. The van der Waals surface area contributed by atoms with E-state index in [0.717, 1.165) is 25.7 Å². The van der Waals surface area contributed by atoms with Gasteiger partial charge in [0.25, 0.3) is 0 Å². The predicted molar refractivity (Wildman–Crippen MR) is 72.8 cm³/mol. The predicted octanol–water partition coefficient (Wildman–Crippen LogP) is 0.349. The first-order valence-corrected chi connectivity index (χ1v) is 7.99. The van der Waals surface area contributed by atoms with Crippen LogP contribution in [0.1, 0.15) is 44.9 Å². The standard InChI is InChI=1S/C15H22N2O4/c18-12(8-17-13(19)1-2-14(17)20)16-15-6-9-3-10(7-15)5-11(4-9)21-15/h9-11,13,19H,1-8H2,(H,16,18)/t9-,10+,11+,13?,15+. The van der Waals surface area contributed by atoms with Crippen molar-refractivity contribution in [2.24, 2.45) is 11.8 Å². The van der Waals surface area contributed by atoms with Crippen LogP contribution in [0.25, 0.3) is 0 Å². The fourth-order valence-electron chi connectivity index (χ4n) is 4.86. The van der Waals surface area contributed by atoms with Gasteiger partial charge in [-0.3, -0.25) is 9.59 Å². The zero-order valence-electron chi connectivity index (χ0n) is 12.1. The molecule has 6 heteroatoms. The molecule has 3 heterocycles. The topological polar surface area (TPSA) is 78.9 Å². The van der Waals surface area contributed by atoms with E-state index in [0.29, 0.717) is 24.7 Å². The number of nitrogens with zero attached hydrogens (tertiary/aromatic N) is 1. The molecule has 0 aromatic heterocycles. The molecule has 21 heavy (non-hydrogen) atoms. The van der Waals surface area contributed by atoms with E-state index in [4.69, 9.17) is 4.74 Å². The normalized spacial score (nSPS) is 44.4. The molecule has 0 aromatic carbocycles. The van der Waals surface area contributed by atoms with Crippen LogP contribution in [0.2, 0.25) is 0 Å². The Morgan fingerprint density at radius 3 is 2.62 bits per heavy atom. The number of carbonyl (C=O) groups excluding carboxylic acids is 2. The SMILES string of the molecule is O=C(CN1C(=O)CCC1O)N[C@@]12C[C@@H]3C[C@@H](C[C@H](C3)O1)C2. The summed E-state index contributed by atoms with van der Waals surface area (Å²) in [6.07, 6.45) is 5.50. The van der Waals surface area contributed by atoms with Crippen molar-refractivity contribution in [3.63, 3.8) is 0 Å². The van der Waals surface area contributed by atoms with E-state index >= 15 is 0 Å². The highest BCUT2D eigenvalue weighted by molar-refractivity contribution is 5.86. The van der Waals surface area contributed by atoms with Crippen molar-refractivity contribution in [3.8, 4) is 0 Å². The first kappa shape index (κ1) is 13.5. The molecule has 5 fully saturated rings. The van der Waals surface area contributed by atoms with Crippen LogP contribution in [0.3, 0.4) is 0 Å². The first-order valence-electron chi connectivity index (χ1n) is 7.99. The lowest BCUT2D eigenvalue weighted by molar-refractivity contribution is -0.233. The average Bonchev–Trinajstić information content (AvgIpc) is 2.68. The minimum Gasteiger partial charge on any atom is -0.373 e. The van der Waals surface area contributed by atoms with E-state index < -0.39 is 12.0 Å². The largest absolute Gasteiger partial charge is 0.373 e. The van der Waals surface area contributed by atoms with Gasteiger partial charge in [0.2, 0.25) is 11.8 Å². The summed E-state index contributed by atoms with van der Waals surface area (Å²) in [5, 5.41) is 12.8. The summed E-state index contributed by atoms with van der Waals surface area (Å²) in [5.41, 5.74) is -0.514. The molecule has 3 saturated heterocycles. The smallest absolute Gasteiger partial charge is 0.241 e. The molecule has 0 radical (unpaired) electrons. The van der Waals surface area contributed by atoms with Crippen LogP contribution in [0.5, 0.6) is 0 Å². The number of hydrogen-bond donors (Lipinski definition) is 2. The number of ether oxygens (including phenoxy) is 1. The van der Waals surface area contributed by atoms with Crippen molar-refractivity contribution < 1.29 is 19.4 Å². The maximum Gasteiger partial charge on any atom is 0.241 e. The molecule has 5 atom stereocenters. The van der Waals surface area contributed by atoms with Crippen molar-refractivity contribution in [1.29, 1.82) is 0 Å². The molecule has 5 rings (SSSR count). The van der Waals surface area contributed by atoms with Crippen LogP contribution < -0.4 is 5.32 Å². The third-order valence-corrected chi connectivity index (χ3v) is 5.47. The van der Waals surface area contributed by atoms with Gasteiger partial charge < -0.3 is 20.1 Å². The van der Waals surface area contributed by atoms with Gasteiger partial charge in [0.1, 0.15) is 18.5 Å². The van der Waals surface area contributed by atoms with Gasteiger partial charge in [0.15, 0.2) is 0 Å². The van der Waals surface area contributed by atoms with Crippen LogP contribution >= 0.6 is 0 Å². The Morgan fingerprint density at radius 2 is 2.05 bits per heavy atom. The second kappa shape index (κ2) is 4.68. The van der Waals surface area contributed by atoms with E-state index in [9.17, 15) is 14.7 Å². The highest BCUT2D eigenvalue weighted by Crippen LogP contribution is 2.51. The summed E-state index contributed by atoms with van der Waals surface area (Å²) in [7, 11) is 0. The summed E-state index contributed by atoms with van der Waals surface area (Å²) in [6.45, 7) is -0.0644. The second-order valence-corrected chi connectivity index (χ2v) is 7.17. The van der Waals surface area contributed by atoms with Gasteiger partial charge in [-0.05, 0) is 43.9 Å². The van der Waals surface area contributed by atoms with E-state index in [-0.39, 0.29) is 24.5 Å². The van der Waals surface area contributed by atoms with E-state index in [1.54, 1.807) is 0 Å². The Kier molecular flexibility index (Phi) is 3.01. The van der Waals surface area contributed by atoms with Gasteiger partial charge in [0, 0.05) is 12.8 Å². The first-order chi connectivity index (χ1) is 10.0. The summed E-state index contributed by atoms with van der Waals surface area (Å²) in [5.74, 6) is 0.960. The van der Waals surface area contributed by atoms with Crippen LogP contribution in [0.15, 0.2) is 0 Å². The third-order valence-electron chi connectivity index (χ3n) is 5.47. The number of aliphatic hydroxyl groups is 1. The number of hydrogen-bond acceptors (Lipinski definition) is 4. The molecule has 3 aliphatic heterocycles. The number of amides is 2. The lowest BCUT2D eigenvalue weighted by atomic mass is 9.65. The molecule has 2 N–H and O–H groups in total. The number of nitrogens with one attached hydrogen (secondary N) is 1. The quantitative estimate of drug-likeness (QED) is 0.787. The van der Waals surface area contributed by atoms with Gasteiger partial charge >= 0.3 is 0 Å². The Labute approximate surface area is 123 Å². The maximum atomic E-state index is 12.3. The fraction of sp³-hybridized carbons (Fsp3) is 0.867. The molecule has 6 nitrogen and oxygen atoms in total. The Hall–Kier alpha value is -1.14. The lowest BCUT2D eigenvalue weighted by Gasteiger charge is -2.56. The number of rotatable bonds is 3. The third kappa shape index (κ3) is 2.34. The summed E-state index contributed by atoms with van der Waals surface area (Å²) < 4.78 is 6.10. The van der Waals surface area contributed by atoms with Crippen LogP contribution in [-0.2, 0) is 14.3 Å². The maximum absolute atomic E-state index is 12.3. The molecule has 1 unspecified atom stereocenters. The van der Waals surface area contributed by atoms with E-state index in [1.165, 1.54) is 11.3 Å². The minimum atomic E-state index is -0.819. The second-order valence-electron chi connectivity index (χ2n) is 7.17. The molecule has 2 amide bonds. The summed E-state index contributed by atoms with van der Waals surface area (Å²) in [6, 6.07) is 0. The molecule has 2 saturated carbocycles. The number of aliphatic hydroxyl groups excluding tert-OH is 1. The molecule has 0 spiro atoms. The van der Waals surface area contributed by atoms with Crippen molar-refractivity contribution in [1.82, 2.24) is 10.2 Å². The Bertz CT molecular complexity index is 443. The highest BCUT2D eigenvalue weighted by atomic mass is 16.5. The lowest BCUT2D eigenvalue weighted by Crippen LogP contribution is -2.64. The van der Waals surface area contributed by atoms with Crippen LogP contribution in [-0.4, -0.2) is 46.4 Å². The van der Waals surface area contributed by atoms with Gasteiger partial charge in [-0.2, -0.15) is 0 Å². The van der Waals surface area contributed by atoms with E-state index in [1.807, 2.05) is 0 Å². The van der Waals surface area contributed by atoms with Crippen molar-refractivity contribution >= 4 is 11.8 Å². The van der Waals surface area contributed by atoms with Crippen LogP contribution in [0, 0.1) is 11.8 Å². The molecule has 4 bridgehead atoms. The van der Waals surface area contributed by atoms with Gasteiger partial charge in [-0.25, -0.2) is 0 Å². The number of carbonyl (C=O) groups is 2. The molecule has 5 aliphatic rings. The molecular weight excluding hydrogens is 272 g/mol. The zero-order valence-corrected chi connectivity index (χ0v) is 12.1. The fourth-order valence-corrected chi connectivity index (χ4v) is 4.86. The van der Waals surface area contributed by atoms with Crippen molar-refractivity contribution in [2.75, 3.05) is 6.54 Å². The number of likely N-dealkylation sites (tertiary alicyclic amines) is 1. The molecule has 116 valence electrons. The van der Waals surface area contributed by atoms with E-state index in [2.05, 4.69) is 5.32 Å². The molecular formula is C15H22N2O4.